The van der Waals surface area contributed by atoms with Crippen LogP contribution in [0.1, 0.15) is 12.2 Å². The number of aromatic nitrogens is 1. The van der Waals surface area contributed by atoms with Gasteiger partial charge in [0.2, 0.25) is 5.91 Å². The van der Waals surface area contributed by atoms with E-state index in [1.165, 1.54) is 0 Å². The molecule has 1 N–H and O–H groups in total. The summed E-state index contributed by atoms with van der Waals surface area (Å²) in [6.45, 7) is 0. The molecule has 0 aliphatic rings. The maximum atomic E-state index is 11.9. The highest BCUT2D eigenvalue weighted by atomic mass is 32.1. The number of benzene rings is 1. The Bertz CT molecular complexity index is 688. The van der Waals surface area contributed by atoms with E-state index in [2.05, 4.69) is 10.3 Å². The summed E-state index contributed by atoms with van der Waals surface area (Å²) in [5.41, 5.74) is 1.85. The molecule has 3 rings (SSSR count). The second-order valence-corrected chi connectivity index (χ2v) is 5.44. The van der Waals surface area contributed by atoms with Gasteiger partial charge >= 0.3 is 0 Å². The Morgan fingerprint density at radius 2 is 2.10 bits per heavy atom. The van der Waals surface area contributed by atoms with E-state index in [-0.39, 0.29) is 5.91 Å². The number of rotatable bonds is 5. The zero-order valence-corrected chi connectivity index (χ0v) is 12.1. The minimum atomic E-state index is -0.0200. The first-order valence-electron chi connectivity index (χ1n) is 6.63. The normalized spacial score (nSPS) is 10.5. The lowest BCUT2D eigenvalue weighted by Crippen LogP contribution is -2.12. The van der Waals surface area contributed by atoms with Crippen molar-refractivity contribution in [3.8, 4) is 10.6 Å². The number of nitrogens with zero attached hydrogens (tertiary/aromatic N) is 1. The Hall–Kier alpha value is -2.40. The average Bonchev–Trinajstić information content (AvgIpc) is 3.19. The first-order chi connectivity index (χ1) is 10.3. The van der Waals surface area contributed by atoms with Crippen LogP contribution in [-0.2, 0) is 11.2 Å². The third-order valence-electron chi connectivity index (χ3n) is 3.03. The number of carbonyl (C=O) groups is 1. The van der Waals surface area contributed by atoms with Crippen molar-refractivity contribution in [1.29, 1.82) is 0 Å². The third-order valence-corrected chi connectivity index (χ3v) is 3.85. The minimum Gasteiger partial charge on any atom is -0.469 e. The molecule has 0 aliphatic heterocycles. The third kappa shape index (κ3) is 3.58. The predicted octanol–water partition coefficient (Wildman–Crippen LogP) is 3.97. The Labute approximate surface area is 126 Å². The van der Waals surface area contributed by atoms with Gasteiger partial charge in [-0.3, -0.25) is 4.79 Å². The summed E-state index contributed by atoms with van der Waals surface area (Å²) in [4.78, 5) is 16.1. The van der Waals surface area contributed by atoms with Crippen LogP contribution in [0.4, 0.5) is 5.69 Å². The zero-order chi connectivity index (χ0) is 14.5. The smallest absolute Gasteiger partial charge is 0.224 e. The van der Waals surface area contributed by atoms with Gasteiger partial charge in [-0.15, -0.1) is 11.3 Å². The van der Waals surface area contributed by atoms with E-state index in [1.54, 1.807) is 23.8 Å². The molecule has 0 unspecified atom stereocenters. The Morgan fingerprint density at radius 1 is 1.24 bits per heavy atom. The Morgan fingerprint density at radius 3 is 2.76 bits per heavy atom. The molecular weight excluding hydrogens is 284 g/mol. The van der Waals surface area contributed by atoms with Crippen LogP contribution >= 0.6 is 11.3 Å². The molecule has 4 nitrogen and oxygen atoms in total. The minimum absolute atomic E-state index is 0.0200. The van der Waals surface area contributed by atoms with Crippen LogP contribution in [0, 0.1) is 0 Å². The number of carbonyl (C=O) groups excluding carboxylic acids is 1. The van der Waals surface area contributed by atoms with Crippen molar-refractivity contribution < 1.29 is 9.21 Å². The maximum Gasteiger partial charge on any atom is 0.224 e. The summed E-state index contributed by atoms with van der Waals surface area (Å²) in [7, 11) is 0. The summed E-state index contributed by atoms with van der Waals surface area (Å²) in [6.07, 6.45) is 4.41. The average molecular weight is 298 g/mol. The standard InChI is InChI=1S/C16H14N2O2S/c19-15(8-7-14-2-1-10-20-14)18-13-5-3-12(4-6-13)16-17-9-11-21-16/h1-6,9-11H,7-8H2,(H,18,19). The van der Waals surface area contributed by atoms with Gasteiger partial charge in [0.25, 0.3) is 0 Å². The van der Waals surface area contributed by atoms with E-state index < -0.39 is 0 Å². The fourth-order valence-corrected chi connectivity index (χ4v) is 2.62. The van der Waals surface area contributed by atoms with Crippen molar-refractivity contribution in [3.05, 3.63) is 60.0 Å². The SMILES string of the molecule is O=C(CCc1ccco1)Nc1ccc(-c2nccs2)cc1. The molecular formula is C16H14N2O2S. The van der Waals surface area contributed by atoms with Crippen LogP contribution in [-0.4, -0.2) is 10.9 Å². The fraction of sp³-hybridized carbons (Fsp3) is 0.125. The molecule has 21 heavy (non-hydrogen) atoms. The van der Waals surface area contributed by atoms with Gasteiger partial charge in [0.15, 0.2) is 0 Å². The molecule has 2 aromatic heterocycles. The molecule has 0 aliphatic carbocycles. The maximum absolute atomic E-state index is 11.9. The largest absolute Gasteiger partial charge is 0.469 e. The summed E-state index contributed by atoms with van der Waals surface area (Å²) in [5.74, 6) is 0.803. The van der Waals surface area contributed by atoms with E-state index in [9.17, 15) is 4.79 Å². The molecule has 0 saturated carbocycles. The monoisotopic (exact) mass is 298 g/mol. The lowest BCUT2D eigenvalue weighted by Gasteiger charge is -2.05. The molecule has 0 fully saturated rings. The topological polar surface area (TPSA) is 55.1 Å². The van der Waals surface area contributed by atoms with Crippen molar-refractivity contribution in [1.82, 2.24) is 4.98 Å². The van der Waals surface area contributed by atoms with Gasteiger partial charge in [-0.25, -0.2) is 4.98 Å². The van der Waals surface area contributed by atoms with Crippen LogP contribution in [0.2, 0.25) is 0 Å². The van der Waals surface area contributed by atoms with Gasteiger partial charge < -0.3 is 9.73 Å². The van der Waals surface area contributed by atoms with E-state index in [0.717, 1.165) is 22.0 Å². The molecule has 5 heteroatoms. The number of aryl methyl sites for hydroxylation is 1. The van der Waals surface area contributed by atoms with Crippen LogP contribution < -0.4 is 5.32 Å². The summed E-state index contributed by atoms with van der Waals surface area (Å²) in [6, 6.07) is 11.4. The van der Waals surface area contributed by atoms with Crippen molar-refractivity contribution >= 4 is 22.9 Å². The van der Waals surface area contributed by atoms with Gasteiger partial charge in [-0.2, -0.15) is 0 Å². The van der Waals surface area contributed by atoms with Gasteiger partial charge in [0.1, 0.15) is 10.8 Å². The second-order valence-electron chi connectivity index (χ2n) is 4.54. The number of hydrogen-bond acceptors (Lipinski definition) is 4. The van der Waals surface area contributed by atoms with Crippen LogP contribution in [0.15, 0.2) is 58.7 Å². The molecule has 0 radical (unpaired) electrons. The molecule has 3 aromatic rings. The highest BCUT2D eigenvalue weighted by molar-refractivity contribution is 7.13. The number of thiazole rings is 1. The predicted molar refractivity (Wildman–Crippen MR) is 83.2 cm³/mol. The summed E-state index contributed by atoms with van der Waals surface area (Å²) in [5, 5.41) is 5.80. The molecule has 106 valence electrons. The highest BCUT2D eigenvalue weighted by Gasteiger charge is 2.05. The fourth-order valence-electron chi connectivity index (χ4n) is 1.98. The number of hydrogen-bond donors (Lipinski definition) is 1. The van der Waals surface area contributed by atoms with Crippen LogP contribution in [0.5, 0.6) is 0 Å². The summed E-state index contributed by atoms with van der Waals surface area (Å²) < 4.78 is 5.21. The van der Waals surface area contributed by atoms with Crippen molar-refractivity contribution in [2.45, 2.75) is 12.8 Å². The molecule has 1 amide bonds. The van der Waals surface area contributed by atoms with E-state index in [1.807, 2.05) is 41.8 Å². The molecule has 0 saturated heterocycles. The number of nitrogens with one attached hydrogen (secondary N) is 1. The van der Waals surface area contributed by atoms with Gasteiger partial charge in [-0.1, -0.05) is 0 Å². The first kappa shape index (κ1) is 13.6. The summed E-state index contributed by atoms with van der Waals surface area (Å²) >= 11 is 1.59. The Balaban J connectivity index is 1.56. The van der Waals surface area contributed by atoms with Gasteiger partial charge in [-0.05, 0) is 36.4 Å². The van der Waals surface area contributed by atoms with E-state index in [0.29, 0.717) is 12.8 Å². The van der Waals surface area contributed by atoms with Crippen LogP contribution in [0.3, 0.4) is 0 Å². The molecule has 1 aromatic carbocycles. The van der Waals surface area contributed by atoms with Gasteiger partial charge in [0.05, 0.1) is 6.26 Å². The number of amides is 1. The van der Waals surface area contributed by atoms with E-state index in [4.69, 9.17) is 4.42 Å². The van der Waals surface area contributed by atoms with Gasteiger partial charge in [0, 0.05) is 35.7 Å². The number of furan rings is 1. The molecule has 0 spiro atoms. The second kappa shape index (κ2) is 6.37. The van der Waals surface area contributed by atoms with Crippen molar-refractivity contribution in [2.75, 3.05) is 5.32 Å². The lowest BCUT2D eigenvalue weighted by molar-refractivity contribution is -0.116. The van der Waals surface area contributed by atoms with E-state index >= 15 is 0 Å². The zero-order valence-electron chi connectivity index (χ0n) is 11.3. The number of anilines is 1. The molecule has 2 heterocycles. The van der Waals surface area contributed by atoms with Crippen molar-refractivity contribution in [2.24, 2.45) is 0 Å². The van der Waals surface area contributed by atoms with Crippen LogP contribution in [0.25, 0.3) is 10.6 Å². The quantitative estimate of drug-likeness (QED) is 0.775. The Kier molecular flexibility index (Phi) is 4.12. The highest BCUT2D eigenvalue weighted by Crippen LogP contribution is 2.23. The molecule has 0 atom stereocenters. The molecule has 0 bridgehead atoms. The van der Waals surface area contributed by atoms with Crippen molar-refractivity contribution in [3.63, 3.8) is 0 Å². The lowest BCUT2D eigenvalue weighted by atomic mass is 10.2. The first-order valence-corrected chi connectivity index (χ1v) is 7.51.